The van der Waals surface area contributed by atoms with Gasteiger partial charge in [-0.3, -0.25) is 4.79 Å². The first-order chi connectivity index (χ1) is 12.9. The van der Waals surface area contributed by atoms with E-state index in [1.165, 1.54) is 6.07 Å². The zero-order valence-corrected chi connectivity index (χ0v) is 18.4. The van der Waals surface area contributed by atoms with E-state index < -0.39 is 5.91 Å². The summed E-state index contributed by atoms with van der Waals surface area (Å²) in [4.78, 5) is 12.2. The number of amides is 1. The minimum Gasteiger partial charge on any atom is -0.507 e. The second-order valence-corrected chi connectivity index (χ2v) is 8.05. The van der Waals surface area contributed by atoms with Gasteiger partial charge in [-0.2, -0.15) is 5.10 Å². The molecule has 138 valence electrons. The van der Waals surface area contributed by atoms with Crippen molar-refractivity contribution in [3.8, 4) is 11.4 Å². The first-order valence-electron chi connectivity index (χ1n) is 8.14. The average molecular weight is 538 g/mol. The number of phenols is 1. The third-order valence-corrected chi connectivity index (χ3v) is 5.54. The van der Waals surface area contributed by atoms with Gasteiger partial charge in [0.25, 0.3) is 5.91 Å². The molecule has 3 rings (SSSR count). The Labute approximate surface area is 179 Å². The van der Waals surface area contributed by atoms with Gasteiger partial charge in [-0.05, 0) is 72.8 Å². The van der Waals surface area contributed by atoms with E-state index in [-0.39, 0.29) is 11.3 Å². The molecule has 0 aliphatic carbocycles. The molecular weight excluding hydrogens is 521 g/mol. The number of hydrazone groups is 1. The molecule has 2 aromatic carbocycles. The van der Waals surface area contributed by atoms with E-state index in [2.05, 4.69) is 65.7 Å². The molecule has 27 heavy (non-hydrogen) atoms. The summed E-state index contributed by atoms with van der Waals surface area (Å²) in [6.07, 6.45) is 1.61. The van der Waals surface area contributed by atoms with Crippen LogP contribution in [0.3, 0.4) is 0 Å². The lowest BCUT2D eigenvalue weighted by Crippen LogP contribution is -2.17. The van der Waals surface area contributed by atoms with Crippen LogP contribution >= 0.6 is 38.5 Å². The van der Waals surface area contributed by atoms with Crippen LogP contribution in [0, 0.1) is 17.4 Å². The number of nitrogens with zero attached hydrogens (tertiary/aromatic N) is 2. The Morgan fingerprint density at radius 3 is 2.70 bits per heavy atom. The van der Waals surface area contributed by atoms with E-state index in [0.717, 1.165) is 26.2 Å². The van der Waals surface area contributed by atoms with Crippen molar-refractivity contribution in [1.29, 1.82) is 0 Å². The Hall–Kier alpha value is -2.13. The van der Waals surface area contributed by atoms with Crippen LogP contribution in [0.15, 0.2) is 58.1 Å². The Kier molecular flexibility index (Phi) is 6.01. The molecule has 1 amide bonds. The number of para-hydroxylation sites is 1. The minimum atomic E-state index is -0.475. The smallest absolute Gasteiger partial charge is 0.275 e. The fourth-order valence-electron chi connectivity index (χ4n) is 2.83. The molecule has 2 N–H and O–H groups in total. The lowest BCUT2D eigenvalue weighted by molar-refractivity contribution is 0.0952. The van der Waals surface area contributed by atoms with E-state index in [4.69, 9.17) is 0 Å². The highest BCUT2D eigenvalue weighted by molar-refractivity contribution is 14.1. The summed E-state index contributed by atoms with van der Waals surface area (Å²) in [5.41, 5.74) is 6.74. The predicted octanol–water partition coefficient (Wildman–Crippen LogP) is 4.93. The summed E-state index contributed by atoms with van der Waals surface area (Å²) in [6, 6.07) is 14.8. The van der Waals surface area contributed by atoms with Crippen molar-refractivity contribution in [3.05, 3.63) is 79.1 Å². The first-order valence-corrected chi connectivity index (χ1v) is 10.0. The van der Waals surface area contributed by atoms with Crippen molar-refractivity contribution in [1.82, 2.24) is 9.99 Å². The first kappa shape index (κ1) is 19.6. The number of hydrogen-bond acceptors (Lipinski definition) is 3. The van der Waals surface area contributed by atoms with Crippen LogP contribution in [-0.4, -0.2) is 21.8 Å². The number of benzene rings is 2. The number of aromatic hydroxyl groups is 1. The summed E-state index contributed by atoms with van der Waals surface area (Å²) >= 11 is 5.60. The van der Waals surface area contributed by atoms with Crippen LogP contribution in [-0.2, 0) is 0 Å². The molecule has 5 nitrogen and oxygen atoms in total. The molecule has 0 aliphatic rings. The molecule has 0 aliphatic heterocycles. The van der Waals surface area contributed by atoms with Crippen molar-refractivity contribution >= 4 is 50.6 Å². The topological polar surface area (TPSA) is 66.6 Å². The molecule has 0 bridgehead atoms. The normalized spacial score (nSPS) is 11.1. The van der Waals surface area contributed by atoms with Gasteiger partial charge in [0.2, 0.25) is 0 Å². The molecule has 0 unspecified atom stereocenters. The zero-order valence-electron chi connectivity index (χ0n) is 14.7. The highest BCUT2D eigenvalue weighted by atomic mass is 127. The Morgan fingerprint density at radius 2 is 1.96 bits per heavy atom. The minimum absolute atomic E-state index is 0.0947. The summed E-state index contributed by atoms with van der Waals surface area (Å²) in [6.45, 7) is 4.05. The van der Waals surface area contributed by atoms with Crippen molar-refractivity contribution in [2.24, 2.45) is 5.10 Å². The summed E-state index contributed by atoms with van der Waals surface area (Å²) in [7, 11) is 0. The number of halogens is 2. The molecule has 3 aromatic rings. The summed E-state index contributed by atoms with van der Waals surface area (Å²) in [5, 5.41) is 13.9. The zero-order chi connectivity index (χ0) is 19.6. The molecule has 0 saturated heterocycles. The van der Waals surface area contributed by atoms with Crippen LogP contribution in [0.5, 0.6) is 5.75 Å². The second-order valence-electron chi connectivity index (χ2n) is 5.97. The highest BCUT2D eigenvalue weighted by Crippen LogP contribution is 2.24. The van der Waals surface area contributed by atoms with E-state index in [9.17, 15) is 9.90 Å². The molecule has 0 fully saturated rings. The van der Waals surface area contributed by atoms with Gasteiger partial charge in [-0.1, -0.05) is 28.1 Å². The maximum Gasteiger partial charge on any atom is 0.275 e. The van der Waals surface area contributed by atoms with Crippen molar-refractivity contribution in [2.45, 2.75) is 13.8 Å². The van der Waals surface area contributed by atoms with Crippen molar-refractivity contribution < 1.29 is 9.90 Å². The number of aromatic nitrogens is 1. The lowest BCUT2D eigenvalue weighted by atomic mass is 10.2. The third-order valence-electron chi connectivity index (χ3n) is 4.14. The Balaban J connectivity index is 1.82. The van der Waals surface area contributed by atoms with E-state index in [1.807, 2.05) is 32.0 Å². The molecule has 0 spiro atoms. The fraction of sp³-hybridized carbons (Fsp3) is 0.100. The lowest BCUT2D eigenvalue weighted by Gasteiger charge is -2.11. The van der Waals surface area contributed by atoms with Gasteiger partial charge >= 0.3 is 0 Å². The van der Waals surface area contributed by atoms with Crippen LogP contribution < -0.4 is 5.43 Å². The number of carbonyl (C=O) groups is 1. The van der Waals surface area contributed by atoms with E-state index >= 15 is 0 Å². The van der Waals surface area contributed by atoms with Gasteiger partial charge in [0, 0.05) is 25.0 Å². The third kappa shape index (κ3) is 4.24. The number of rotatable bonds is 4. The number of hydrogen-bond donors (Lipinski definition) is 2. The van der Waals surface area contributed by atoms with Gasteiger partial charge in [0.1, 0.15) is 5.75 Å². The van der Waals surface area contributed by atoms with E-state index in [0.29, 0.717) is 4.47 Å². The fourth-order valence-corrected chi connectivity index (χ4v) is 3.82. The summed E-state index contributed by atoms with van der Waals surface area (Å²) < 4.78 is 4.01. The predicted molar refractivity (Wildman–Crippen MR) is 119 cm³/mol. The van der Waals surface area contributed by atoms with E-state index in [1.54, 1.807) is 18.3 Å². The second kappa shape index (κ2) is 8.26. The van der Waals surface area contributed by atoms with Gasteiger partial charge < -0.3 is 9.67 Å². The number of phenolic OH excluding ortho intramolecular Hbond substituents is 1. The summed E-state index contributed by atoms with van der Waals surface area (Å²) in [5.74, 6) is -0.570. The van der Waals surface area contributed by atoms with Crippen LogP contribution in [0.2, 0.25) is 0 Å². The average Bonchev–Trinajstić information content (AvgIpc) is 2.91. The van der Waals surface area contributed by atoms with Gasteiger partial charge in [0.05, 0.1) is 17.5 Å². The molecule has 1 aromatic heterocycles. The van der Waals surface area contributed by atoms with Crippen LogP contribution in [0.1, 0.15) is 27.3 Å². The quantitative estimate of drug-likeness (QED) is 0.281. The molecule has 0 saturated carbocycles. The maximum atomic E-state index is 12.2. The number of nitrogens with one attached hydrogen (secondary N) is 1. The number of carbonyl (C=O) groups excluding carboxylic acids is 1. The van der Waals surface area contributed by atoms with Gasteiger partial charge in [0.15, 0.2) is 0 Å². The SMILES string of the molecule is Cc1cc(/C=N\NC(=O)c2cc(Br)ccc2O)c(C)n1-c1ccccc1I. The van der Waals surface area contributed by atoms with Crippen LogP contribution in [0.4, 0.5) is 0 Å². The maximum absolute atomic E-state index is 12.2. The standard InChI is InChI=1S/C20H17BrIN3O2/c1-12-9-14(13(2)25(12)18-6-4-3-5-17(18)22)11-23-24-20(27)16-10-15(21)7-8-19(16)26/h3-11,26H,1-2H3,(H,24,27)/b23-11-. The monoisotopic (exact) mass is 537 g/mol. The van der Waals surface area contributed by atoms with Gasteiger partial charge in [-0.15, -0.1) is 0 Å². The van der Waals surface area contributed by atoms with Crippen molar-refractivity contribution in [3.63, 3.8) is 0 Å². The molecule has 0 atom stereocenters. The molecular formula is C20H17BrIN3O2. The Morgan fingerprint density at radius 1 is 1.22 bits per heavy atom. The highest BCUT2D eigenvalue weighted by Gasteiger charge is 2.13. The Bertz CT molecular complexity index is 1040. The van der Waals surface area contributed by atoms with Crippen molar-refractivity contribution in [2.75, 3.05) is 0 Å². The number of aryl methyl sites for hydroxylation is 1. The largest absolute Gasteiger partial charge is 0.507 e. The van der Waals surface area contributed by atoms with Gasteiger partial charge in [-0.25, -0.2) is 5.43 Å². The van der Waals surface area contributed by atoms with Crippen LogP contribution in [0.25, 0.3) is 5.69 Å². The molecule has 7 heteroatoms. The molecule has 0 radical (unpaired) electrons. The molecule has 1 heterocycles.